The predicted octanol–water partition coefficient (Wildman–Crippen LogP) is 5.50. The van der Waals surface area contributed by atoms with Crippen molar-refractivity contribution in [1.29, 1.82) is 0 Å². The Morgan fingerprint density at radius 1 is 1.27 bits per heavy atom. The highest BCUT2D eigenvalue weighted by Crippen LogP contribution is 2.43. The molecule has 5 heteroatoms. The summed E-state index contributed by atoms with van der Waals surface area (Å²) in [5.41, 5.74) is 3.84. The molecular formula is C21H23NO2S2. The lowest BCUT2D eigenvalue weighted by atomic mass is 9.88. The second-order valence-electron chi connectivity index (χ2n) is 6.90. The van der Waals surface area contributed by atoms with Crippen LogP contribution in [0.1, 0.15) is 41.1 Å². The van der Waals surface area contributed by atoms with E-state index >= 15 is 0 Å². The monoisotopic (exact) mass is 385 g/mol. The van der Waals surface area contributed by atoms with Crippen molar-refractivity contribution < 1.29 is 9.53 Å². The van der Waals surface area contributed by atoms with Gasteiger partial charge < -0.3 is 10.1 Å². The third-order valence-corrected chi connectivity index (χ3v) is 7.22. The summed E-state index contributed by atoms with van der Waals surface area (Å²) in [6.07, 6.45) is 5.76. The van der Waals surface area contributed by atoms with E-state index in [0.29, 0.717) is 6.61 Å². The SMILES string of the molecule is CCOc1ccc(NC(=O)C2=Cc3sc4c(c3CS2)CCC(C)C4)cc1. The molecule has 2 aliphatic rings. The number of hydrogen-bond acceptors (Lipinski definition) is 4. The molecule has 1 aliphatic heterocycles. The van der Waals surface area contributed by atoms with Gasteiger partial charge in [0.15, 0.2) is 0 Å². The second kappa shape index (κ2) is 7.49. The van der Waals surface area contributed by atoms with Gasteiger partial charge in [0.05, 0.1) is 11.5 Å². The lowest BCUT2D eigenvalue weighted by molar-refractivity contribution is -0.112. The number of nitrogens with one attached hydrogen (secondary N) is 1. The number of ether oxygens (including phenoxy) is 1. The average Bonchev–Trinajstić information content (AvgIpc) is 3.00. The summed E-state index contributed by atoms with van der Waals surface area (Å²) in [5.74, 6) is 2.49. The maximum atomic E-state index is 12.7. The highest BCUT2D eigenvalue weighted by molar-refractivity contribution is 8.03. The Labute approximate surface area is 162 Å². The van der Waals surface area contributed by atoms with Crippen molar-refractivity contribution in [1.82, 2.24) is 0 Å². The molecule has 2 heterocycles. The lowest BCUT2D eigenvalue weighted by Gasteiger charge is -2.20. The van der Waals surface area contributed by atoms with Crippen LogP contribution < -0.4 is 10.1 Å². The number of amides is 1. The molecule has 0 radical (unpaired) electrons. The standard InChI is InChI=1S/C21H23NO2S2/c1-3-24-15-7-5-14(6-8-15)22-21(23)20-11-19-17(12-25-20)16-9-4-13(2)10-18(16)26-19/h5-8,11,13H,3-4,9-10,12H2,1-2H3,(H,22,23). The highest BCUT2D eigenvalue weighted by Gasteiger charge is 2.26. The third-order valence-electron chi connectivity index (χ3n) is 4.93. The number of fused-ring (bicyclic) bond motifs is 3. The first-order valence-corrected chi connectivity index (χ1v) is 11.0. The van der Waals surface area contributed by atoms with Crippen LogP contribution >= 0.6 is 23.1 Å². The van der Waals surface area contributed by atoms with E-state index in [-0.39, 0.29) is 5.91 Å². The number of hydrogen-bond donors (Lipinski definition) is 1. The first-order valence-electron chi connectivity index (χ1n) is 9.16. The fraction of sp³-hybridized carbons (Fsp3) is 0.381. The molecule has 0 saturated carbocycles. The summed E-state index contributed by atoms with van der Waals surface area (Å²) < 4.78 is 5.44. The quantitative estimate of drug-likeness (QED) is 0.755. The fourth-order valence-electron chi connectivity index (χ4n) is 3.55. The maximum Gasteiger partial charge on any atom is 0.262 e. The minimum Gasteiger partial charge on any atom is -0.494 e. The Bertz CT molecular complexity index is 852. The van der Waals surface area contributed by atoms with Crippen LogP contribution in [-0.2, 0) is 23.4 Å². The smallest absolute Gasteiger partial charge is 0.262 e. The number of carbonyl (C=O) groups is 1. The van der Waals surface area contributed by atoms with Crippen LogP contribution in [0.15, 0.2) is 29.2 Å². The zero-order valence-corrected chi connectivity index (χ0v) is 16.8. The van der Waals surface area contributed by atoms with Gasteiger partial charge in [-0.2, -0.15) is 0 Å². The molecule has 1 aromatic carbocycles. The highest BCUT2D eigenvalue weighted by atomic mass is 32.2. The first-order chi connectivity index (χ1) is 12.6. The summed E-state index contributed by atoms with van der Waals surface area (Å²) in [7, 11) is 0. The molecule has 1 aliphatic carbocycles. The van der Waals surface area contributed by atoms with Crippen molar-refractivity contribution in [2.24, 2.45) is 5.92 Å². The van der Waals surface area contributed by atoms with E-state index in [1.807, 2.05) is 42.5 Å². The van der Waals surface area contributed by atoms with Gasteiger partial charge in [0.2, 0.25) is 0 Å². The molecule has 3 nitrogen and oxygen atoms in total. The van der Waals surface area contributed by atoms with E-state index in [4.69, 9.17) is 4.74 Å². The zero-order chi connectivity index (χ0) is 18.1. The Kier molecular flexibility index (Phi) is 5.09. The lowest BCUT2D eigenvalue weighted by Crippen LogP contribution is -2.14. The summed E-state index contributed by atoms with van der Waals surface area (Å²) in [4.78, 5) is 16.3. The van der Waals surface area contributed by atoms with Crippen LogP contribution in [0.2, 0.25) is 0 Å². The number of benzene rings is 1. The number of thiophene rings is 1. The van der Waals surface area contributed by atoms with Crippen molar-refractivity contribution in [2.75, 3.05) is 11.9 Å². The molecule has 26 heavy (non-hydrogen) atoms. The zero-order valence-electron chi connectivity index (χ0n) is 15.1. The van der Waals surface area contributed by atoms with E-state index in [1.165, 1.54) is 29.7 Å². The van der Waals surface area contributed by atoms with Gasteiger partial charge in [0.1, 0.15) is 5.75 Å². The largest absolute Gasteiger partial charge is 0.494 e. The predicted molar refractivity (Wildman–Crippen MR) is 111 cm³/mol. The Balaban J connectivity index is 1.50. The summed E-state index contributed by atoms with van der Waals surface area (Å²) in [6, 6.07) is 7.53. The van der Waals surface area contributed by atoms with Gasteiger partial charge in [0.25, 0.3) is 5.91 Å². The number of rotatable bonds is 4. The fourth-order valence-corrected chi connectivity index (χ4v) is 6.20. The van der Waals surface area contributed by atoms with Gasteiger partial charge >= 0.3 is 0 Å². The molecule has 1 amide bonds. The van der Waals surface area contributed by atoms with Crippen LogP contribution in [0.25, 0.3) is 6.08 Å². The molecule has 0 saturated heterocycles. The maximum absolute atomic E-state index is 12.7. The van der Waals surface area contributed by atoms with Gasteiger partial charge in [-0.3, -0.25) is 4.79 Å². The van der Waals surface area contributed by atoms with Crippen molar-refractivity contribution in [3.05, 3.63) is 50.1 Å². The van der Waals surface area contributed by atoms with Crippen molar-refractivity contribution in [2.45, 2.75) is 38.9 Å². The van der Waals surface area contributed by atoms with E-state index in [0.717, 1.165) is 28.0 Å². The molecule has 136 valence electrons. The van der Waals surface area contributed by atoms with E-state index in [1.54, 1.807) is 22.2 Å². The molecule has 0 bridgehead atoms. The molecule has 1 unspecified atom stereocenters. The summed E-state index contributed by atoms with van der Waals surface area (Å²) in [5, 5.41) is 3.00. The van der Waals surface area contributed by atoms with Crippen LogP contribution in [0.4, 0.5) is 5.69 Å². The summed E-state index contributed by atoms with van der Waals surface area (Å²) in [6.45, 7) is 4.93. The van der Waals surface area contributed by atoms with E-state index in [9.17, 15) is 4.79 Å². The molecule has 0 fully saturated rings. The van der Waals surface area contributed by atoms with E-state index < -0.39 is 0 Å². The second-order valence-corrected chi connectivity index (χ2v) is 9.06. The normalized spacial score (nSPS) is 18.5. The Morgan fingerprint density at radius 3 is 2.85 bits per heavy atom. The van der Waals surface area contributed by atoms with Gasteiger partial charge in [0, 0.05) is 21.2 Å². The molecule has 4 rings (SSSR count). The topological polar surface area (TPSA) is 38.3 Å². The van der Waals surface area contributed by atoms with E-state index in [2.05, 4.69) is 18.3 Å². The first kappa shape index (κ1) is 17.7. The molecule has 0 spiro atoms. The Hall–Kier alpha value is -1.72. The van der Waals surface area contributed by atoms with Gasteiger partial charge in [-0.1, -0.05) is 6.92 Å². The number of thioether (sulfide) groups is 1. The van der Waals surface area contributed by atoms with Crippen LogP contribution in [0, 0.1) is 5.92 Å². The summed E-state index contributed by atoms with van der Waals surface area (Å²) >= 11 is 3.54. The minimum absolute atomic E-state index is 0.0236. The molecular weight excluding hydrogens is 362 g/mol. The van der Waals surface area contributed by atoms with Gasteiger partial charge in [-0.05, 0) is 73.6 Å². The minimum atomic E-state index is -0.0236. The van der Waals surface area contributed by atoms with Crippen molar-refractivity contribution in [3.63, 3.8) is 0 Å². The Morgan fingerprint density at radius 2 is 2.08 bits per heavy atom. The average molecular weight is 386 g/mol. The molecule has 1 N–H and O–H groups in total. The third kappa shape index (κ3) is 3.55. The van der Waals surface area contributed by atoms with Crippen molar-refractivity contribution in [3.8, 4) is 5.75 Å². The van der Waals surface area contributed by atoms with Gasteiger partial charge in [-0.15, -0.1) is 23.1 Å². The van der Waals surface area contributed by atoms with Gasteiger partial charge in [-0.25, -0.2) is 0 Å². The van der Waals surface area contributed by atoms with Crippen molar-refractivity contribution >= 4 is 40.8 Å². The molecule has 1 aromatic heterocycles. The van der Waals surface area contributed by atoms with Crippen LogP contribution in [-0.4, -0.2) is 12.5 Å². The molecule has 1 atom stereocenters. The molecule has 2 aromatic rings. The number of anilines is 1. The number of carbonyl (C=O) groups excluding carboxylic acids is 1. The van der Waals surface area contributed by atoms with Crippen LogP contribution in [0.5, 0.6) is 5.75 Å². The van der Waals surface area contributed by atoms with Crippen LogP contribution in [0.3, 0.4) is 0 Å².